The van der Waals surface area contributed by atoms with Crippen LogP contribution in [0.4, 0.5) is 13.2 Å². The number of hydrogen-bond acceptors (Lipinski definition) is 6. The van der Waals surface area contributed by atoms with Crippen molar-refractivity contribution < 1.29 is 27.1 Å². The average Bonchev–Trinajstić information content (AvgIpc) is 3.87. The van der Waals surface area contributed by atoms with Gasteiger partial charge in [-0.3, -0.25) is 0 Å². The number of ether oxygens (including phenoxy) is 2. The van der Waals surface area contributed by atoms with E-state index in [2.05, 4.69) is 106 Å². The maximum absolute atomic E-state index is 12.4. The molecule has 0 bridgehead atoms. The Hall–Kier alpha value is -6.42. The van der Waals surface area contributed by atoms with Crippen LogP contribution in [0.3, 0.4) is 0 Å². The summed E-state index contributed by atoms with van der Waals surface area (Å²) in [5, 5.41) is 9.39. The number of hydrogen-bond donors (Lipinski definition) is 0. The number of aromatic nitrogens is 4. The lowest BCUT2D eigenvalue weighted by Crippen LogP contribution is -2.38. The highest BCUT2D eigenvalue weighted by molar-refractivity contribution is 5.66. The van der Waals surface area contributed by atoms with Crippen LogP contribution >= 0.6 is 0 Å². The van der Waals surface area contributed by atoms with E-state index < -0.39 is 11.9 Å². The number of aryl methyl sites for hydroxylation is 2. The highest BCUT2D eigenvalue weighted by Crippen LogP contribution is 2.40. The van der Waals surface area contributed by atoms with E-state index >= 15 is 0 Å². The third-order valence-electron chi connectivity index (χ3n) is 9.02. The third kappa shape index (κ3) is 8.78. The topological polar surface area (TPSA) is 75.2 Å². The van der Waals surface area contributed by atoms with E-state index in [1.807, 2.05) is 35.0 Å². The zero-order chi connectivity index (χ0) is 37.2. The standard InChI is InChI=1S/C44H37F3N4O3/c45-44(46,47)54-41-27-22-34(23-28-41)24-29-42-48-39(32-53-42)31-52-40-25-20-33(21-26-40)12-10-11-19-38-30-51(50-49-38)43(35-13-4-1-5-14-35,36-15-6-2-7-16-36)37-17-8-3-9-18-37/h1-9,13-18,20-30,32H,10-12,19,31H2/b29-24+. The lowest BCUT2D eigenvalue weighted by molar-refractivity contribution is -0.274. The minimum Gasteiger partial charge on any atom is -0.487 e. The van der Waals surface area contributed by atoms with Gasteiger partial charge in [-0.2, -0.15) is 0 Å². The van der Waals surface area contributed by atoms with Gasteiger partial charge in [-0.25, -0.2) is 9.67 Å². The van der Waals surface area contributed by atoms with Crippen molar-refractivity contribution in [3.63, 3.8) is 0 Å². The van der Waals surface area contributed by atoms with Crippen LogP contribution in [-0.4, -0.2) is 26.3 Å². The Labute approximate surface area is 311 Å². The van der Waals surface area contributed by atoms with Gasteiger partial charge in [-0.05, 0) is 83.8 Å². The summed E-state index contributed by atoms with van der Waals surface area (Å²) < 4.78 is 54.4. The Bertz CT molecular complexity index is 2140. The first kappa shape index (κ1) is 36.0. The summed E-state index contributed by atoms with van der Waals surface area (Å²) in [6, 6.07) is 45.0. The van der Waals surface area contributed by atoms with Crippen LogP contribution in [-0.2, 0) is 25.0 Å². The summed E-state index contributed by atoms with van der Waals surface area (Å²) >= 11 is 0. The van der Waals surface area contributed by atoms with Crippen molar-refractivity contribution in [3.8, 4) is 11.5 Å². The van der Waals surface area contributed by atoms with Crippen molar-refractivity contribution in [2.75, 3.05) is 0 Å². The smallest absolute Gasteiger partial charge is 0.487 e. The highest BCUT2D eigenvalue weighted by atomic mass is 19.4. The summed E-state index contributed by atoms with van der Waals surface area (Å²) in [7, 11) is 0. The van der Waals surface area contributed by atoms with E-state index in [1.54, 1.807) is 12.2 Å². The number of unbranched alkanes of at least 4 members (excludes halogenated alkanes) is 1. The molecule has 0 aliphatic rings. The molecule has 2 aromatic heterocycles. The number of rotatable bonds is 15. The minimum absolute atomic E-state index is 0.223. The molecule has 272 valence electrons. The summed E-state index contributed by atoms with van der Waals surface area (Å²) in [5.41, 5.74) is 6.09. The second kappa shape index (κ2) is 16.5. The molecule has 0 saturated heterocycles. The Morgan fingerprint density at radius 2 is 1.20 bits per heavy atom. The fraction of sp³-hybridized carbons (Fsp3) is 0.159. The summed E-state index contributed by atoms with van der Waals surface area (Å²) in [4.78, 5) is 4.40. The molecule has 0 aliphatic carbocycles. The number of alkyl halides is 3. The van der Waals surface area contributed by atoms with Crippen molar-refractivity contribution in [1.82, 2.24) is 20.0 Å². The Morgan fingerprint density at radius 1 is 0.630 bits per heavy atom. The summed E-state index contributed by atoms with van der Waals surface area (Å²) in [5.74, 6) is 0.787. The SMILES string of the molecule is FC(F)(F)Oc1ccc(/C=C/c2nc(COc3ccc(CCCCc4cn(C(c5ccccc5)(c5ccccc5)c5ccccc5)nn4)cc3)co2)cc1. The van der Waals surface area contributed by atoms with E-state index in [1.165, 1.54) is 36.1 Å². The van der Waals surface area contributed by atoms with E-state index in [4.69, 9.17) is 14.4 Å². The second-order valence-corrected chi connectivity index (χ2v) is 12.7. The maximum atomic E-state index is 12.4. The highest BCUT2D eigenvalue weighted by Gasteiger charge is 2.39. The molecule has 54 heavy (non-hydrogen) atoms. The van der Waals surface area contributed by atoms with Gasteiger partial charge in [0, 0.05) is 6.08 Å². The molecule has 0 spiro atoms. The molecule has 0 aliphatic heterocycles. The summed E-state index contributed by atoms with van der Waals surface area (Å²) in [6.07, 6.45) is 5.89. The molecule has 7 nitrogen and oxygen atoms in total. The van der Waals surface area contributed by atoms with Gasteiger partial charge in [-0.15, -0.1) is 18.3 Å². The zero-order valence-corrected chi connectivity index (χ0v) is 29.3. The van der Waals surface area contributed by atoms with Gasteiger partial charge in [0.05, 0.1) is 11.9 Å². The van der Waals surface area contributed by atoms with Crippen LogP contribution in [0.1, 0.15) is 57.9 Å². The molecule has 0 saturated carbocycles. The molecule has 0 unspecified atom stereocenters. The van der Waals surface area contributed by atoms with Gasteiger partial charge >= 0.3 is 6.36 Å². The number of benzene rings is 5. The van der Waals surface area contributed by atoms with Gasteiger partial charge in [0.25, 0.3) is 0 Å². The molecule has 0 atom stereocenters. The third-order valence-corrected chi connectivity index (χ3v) is 9.02. The Balaban J connectivity index is 0.916. The van der Waals surface area contributed by atoms with Crippen LogP contribution in [0.5, 0.6) is 11.5 Å². The van der Waals surface area contributed by atoms with Gasteiger partial charge in [0.1, 0.15) is 35.6 Å². The predicted octanol–water partition coefficient (Wildman–Crippen LogP) is 10.3. The van der Waals surface area contributed by atoms with Crippen molar-refractivity contribution in [3.05, 3.63) is 197 Å². The molecule has 0 amide bonds. The fourth-order valence-corrected chi connectivity index (χ4v) is 6.47. The van der Waals surface area contributed by atoms with E-state index in [0.717, 1.165) is 53.8 Å². The second-order valence-electron chi connectivity index (χ2n) is 12.7. The molecule has 7 aromatic rings. The van der Waals surface area contributed by atoms with Crippen molar-refractivity contribution in [2.45, 2.75) is 44.2 Å². The van der Waals surface area contributed by atoms with Crippen molar-refractivity contribution in [1.29, 1.82) is 0 Å². The van der Waals surface area contributed by atoms with Crippen LogP contribution in [0.25, 0.3) is 12.2 Å². The fourth-order valence-electron chi connectivity index (χ4n) is 6.47. The number of nitrogens with zero attached hydrogens (tertiary/aromatic N) is 4. The van der Waals surface area contributed by atoms with Gasteiger partial charge in [0.2, 0.25) is 5.89 Å². The average molecular weight is 727 g/mol. The van der Waals surface area contributed by atoms with E-state index in [9.17, 15) is 13.2 Å². The largest absolute Gasteiger partial charge is 0.573 e. The molecular formula is C44H37F3N4O3. The number of halogens is 3. The van der Waals surface area contributed by atoms with Crippen LogP contribution in [0, 0.1) is 0 Å². The minimum atomic E-state index is -4.73. The van der Waals surface area contributed by atoms with Crippen LogP contribution < -0.4 is 9.47 Å². The lowest BCUT2D eigenvalue weighted by atomic mass is 9.77. The van der Waals surface area contributed by atoms with Gasteiger partial charge in [0.15, 0.2) is 0 Å². The van der Waals surface area contributed by atoms with Gasteiger partial charge in [-0.1, -0.05) is 120 Å². The summed E-state index contributed by atoms with van der Waals surface area (Å²) in [6.45, 7) is 0.223. The van der Waals surface area contributed by atoms with Gasteiger partial charge < -0.3 is 13.9 Å². The van der Waals surface area contributed by atoms with Crippen LogP contribution in [0.15, 0.2) is 156 Å². The molecule has 5 aromatic carbocycles. The molecule has 7 rings (SSSR count). The predicted molar refractivity (Wildman–Crippen MR) is 201 cm³/mol. The first-order chi connectivity index (χ1) is 26.3. The Morgan fingerprint density at radius 3 is 1.80 bits per heavy atom. The maximum Gasteiger partial charge on any atom is 0.573 e. The molecule has 0 radical (unpaired) electrons. The van der Waals surface area contributed by atoms with Crippen molar-refractivity contribution in [2.24, 2.45) is 0 Å². The van der Waals surface area contributed by atoms with Crippen LogP contribution in [0.2, 0.25) is 0 Å². The van der Waals surface area contributed by atoms with E-state index in [-0.39, 0.29) is 12.4 Å². The first-order valence-electron chi connectivity index (χ1n) is 17.6. The quantitative estimate of drug-likeness (QED) is 0.0774. The Kier molecular flexibility index (Phi) is 11.0. The number of oxazole rings is 1. The molecule has 2 heterocycles. The zero-order valence-electron chi connectivity index (χ0n) is 29.3. The van der Waals surface area contributed by atoms with Crippen molar-refractivity contribution >= 4 is 12.2 Å². The lowest BCUT2D eigenvalue weighted by Gasteiger charge is -2.35. The molecule has 0 fully saturated rings. The van der Waals surface area contributed by atoms with E-state index in [0.29, 0.717) is 17.1 Å². The monoisotopic (exact) mass is 726 g/mol. The first-order valence-corrected chi connectivity index (χ1v) is 17.6. The normalized spacial score (nSPS) is 11.9. The molecule has 0 N–H and O–H groups in total. The molecule has 10 heteroatoms. The molecular weight excluding hydrogens is 690 g/mol.